The van der Waals surface area contributed by atoms with Crippen molar-refractivity contribution in [3.63, 3.8) is 0 Å². The molecule has 0 aliphatic heterocycles. The van der Waals surface area contributed by atoms with Crippen molar-refractivity contribution in [3.8, 4) is 5.75 Å². The number of methoxy groups -OCH3 is 1. The van der Waals surface area contributed by atoms with Gasteiger partial charge in [0.05, 0.1) is 12.7 Å². The molecule has 0 atom stereocenters. The molecular weight excluding hydrogens is 294 g/mol. The number of rotatable bonds is 5. The number of benzene rings is 1. The van der Waals surface area contributed by atoms with E-state index in [0.29, 0.717) is 17.2 Å². The summed E-state index contributed by atoms with van der Waals surface area (Å²) in [6, 6.07) is 5.53. The second-order valence-corrected chi connectivity index (χ2v) is 5.55. The van der Waals surface area contributed by atoms with Gasteiger partial charge in [-0.1, -0.05) is 15.9 Å². The van der Waals surface area contributed by atoms with Crippen molar-refractivity contribution in [2.75, 3.05) is 20.2 Å². The first-order valence-corrected chi connectivity index (χ1v) is 7.07. The Balaban J connectivity index is 2.19. The van der Waals surface area contributed by atoms with Gasteiger partial charge in [0.1, 0.15) is 5.75 Å². The van der Waals surface area contributed by atoms with Crippen LogP contribution in [0.5, 0.6) is 5.75 Å². The summed E-state index contributed by atoms with van der Waals surface area (Å²) in [7, 11) is 1.59. The molecule has 0 aromatic heterocycles. The van der Waals surface area contributed by atoms with Crippen LogP contribution in [0.25, 0.3) is 0 Å². The lowest BCUT2D eigenvalue weighted by Gasteiger charge is -2.21. The number of amides is 1. The maximum atomic E-state index is 12.5. The molecule has 0 bridgehead atoms. The topological polar surface area (TPSA) is 29.5 Å². The predicted octanol–water partition coefficient (Wildman–Crippen LogP) is 3.33. The normalized spacial score (nSPS) is 14.4. The van der Waals surface area contributed by atoms with Gasteiger partial charge >= 0.3 is 0 Å². The summed E-state index contributed by atoms with van der Waals surface area (Å²) in [6.45, 7) is 3.63. The maximum Gasteiger partial charge on any atom is 0.257 e. The molecule has 0 saturated heterocycles. The molecule has 18 heavy (non-hydrogen) atoms. The number of halogens is 1. The number of hydrogen-bond acceptors (Lipinski definition) is 2. The quantitative estimate of drug-likeness (QED) is 0.834. The van der Waals surface area contributed by atoms with Gasteiger partial charge in [0.2, 0.25) is 0 Å². The van der Waals surface area contributed by atoms with Crippen molar-refractivity contribution in [2.24, 2.45) is 5.92 Å². The summed E-state index contributed by atoms with van der Waals surface area (Å²) in [6.07, 6.45) is 2.50. The van der Waals surface area contributed by atoms with Crippen LogP contribution in [-0.4, -0.2) is 31.0 Å². The highest BCUT2D eigenvalue weighted by atomic mass is 79.9. The number of hydrogen-bond donors (Lipinski definition) is 0. The molecule has 1 aliphatic rings. The first-order valence-electron chi connectivity index (χ1n) is 6.28. The molecule has 0 unspecified atom stereocenters. The van der Waals surface area contributed by atoms with Gasteiger partial charge in [-0.3, -0.25) is 4.79 Å². The fourth-order valence-corrected chi connectivity index (χ4v) is 2.32. The summed E-state index contributed by atoms with van der Waals surface area (Å²) >= 11 is 3.39. The average Bonchev–Trinajstić information content (AvgIpc) is 3.19. The first kappa shape index (κ1) is 13.4. The van der Waals surface area contributed by atoms with Gasteiger partial charge in [0, 0.05) is 17.6 Å². The molecule has 1 fully saturated rings. The molecule has 1 amide bonds. The smallest absolute Gasteiger partial charge is 0.257 e. The zero-order valence-electron chi connectivity index (χ0n) is 10.8. The molecule has 4 heteroatoms. The Morgan fingerprint density at radius 3 is 2.78 bits per heavy atom. The highest BCUT2D eigenvalue weighted by Gasteiger charge is 2.27. The second-order valence-electron chi connectivity index (χ2n) is 4.63. The Kier molecular flexibility index (Phi) is 4.27. The van der Waals surface area contributed by atoms with Crippen molar-refractivity contribution in [2.45, 2.75) is 19.8 Å². The monoisotopic (exact) mass is 311 g/mol. The molecule has 0 heterocycles. The van der Waals surface area contributed by atoms with Crippen LogP contribution in [0, 0.1) is 5.92 Å². The van der Waals surface area contributed by atoms with E-state index in [1.54, 1.807) is 7.11 Å². The van der Waals surface area contributed by atoms with Crippen LogP contribution in [0.4, 0.5) is 0 Å². The van der Waals surface area contributed by atoms with E-state index < -0.39 is 0 Å². The van der Waals surface area contributed by atoms with Crippen molar-refractivity contribution in [3.05, 3.63) is 28.2 Å². The van der Waals surface area contributed by atoms with Crippen molar-refractivity contribution >= 4 is 21.8 Å². The van der Waals surface area contributed by atoms with Gasteiger partial charge in [0.15, 0.2) is 0 Å². The maximum absolute atomic E-state index is 12.5. The van der Waals surface area contributed by atoms with Gasteiger partial charge < -0.3 is 9.64 Å². The van der Waals surface area contributed by atoms with E-state index in [1.807, 2.05) is 30.0 Å². The fraction of sp³-hybridized carbons (Fsp3) is 0.500. The van der Waals surface area contributed by atoms with E-state index >= 15 is 0 Å². The molecule has 1 aromatic carbocycles. The van der Waals surface area contributed by atoms with E-state index in [1.165, 1.54) is 12.8 Å². The van der Waals surface area contributed by atoms with Crippen molar-refractivity contribution in [1.29, 1.82) is 0 Å². The lowest BCUT2D eigenvalue weighted by atomic mass is 10.1. The van der Waals surface area contributed by atoms with Crippen LogP contribution in [0.15, 0.2) is 22.7 Å². The third-order valence-electron chi connectivity index (χ3n) is 3.24. The number of nitrogens with zero attached hydrogens (tertiary/aromatic N) is 1. The van der Waals surface area contributed by atoms with Gasteiger partial charge in [-0.25, -0.2) is 0 Å². The summed E-state index contributed by atoms with van der Waals surface area (Å²) in [5, 5.41) is 0. The summed E-state index contributed by atoms with van der Waals surface area (Å²) < 4.78 is 6.20. The molecule has 0 N–H and O–H groups in total. The molecule has 1 saturated carbocycles. The molecule has 1 aliphatic carbocycles. The summed E-state index contributed by atoms with van der Waals surface area (Å²) in [5.41, 5.74) is 0.642. The molecule has 3 nitrogen and oxygen atoms in total. The summed E-state index contributed by atoms with van der Waals surface area (Å²) in [4.78, 5) is 14.4. The van der Waals surface area contributed by atoms with E-state index in [2.05, 4.69) is 15.9 Å². The second kappa shape index (κ2) is 5.74. The number of carbonyl (C=O) groups is 1. The van der Waals surface area contributed by atoms with E-state index in [-0.39, 0.29) is 5.91 Å². The Bertz CT molecular complexity index is 443. The van der Waals surface area contributed by atoms with Gasteiger partial charge in [0.25, 0.3) is 5.91 Å². The minimum atomic E-state index is 0.0637. The summed E-state index contributed by atoms with van der Waals surface area (Å²) in [5.74, 6) is 1.40. The molecule has 2 rings (SSSR count). The standard InChI is InChI=1S/C14H18BrNO2/c1-3-16(9-10-4-5-10)14(17)12-7-6-11(15)8-13(12)18-2/h6-8,10H,3-5,9H2,1-2H3. The highest BCUT2D eigenvalue weighted by Crippen LogP contribution is 2.31. The van der Waals surface area contributed by atoms with Crippen LogP contribution < -0.4 is 4.74 Å². The molecular formula is C14H18BrNO2. The lowest BCUT2D eigenvalue weighted by Crippen LogP contribution is -2.32. The third-order valence-corrected chi connectivity index (χ3v) is 3.73. The van der Waals surface area contributed by atoms with E-state index in [9.17, 15) is 4.79 Å². The Hall–Kier alpha value is -1.03. The highest BCUT2D eigenvalue weighted by molar-refractivity contribution is 9.10. The van der Waals surface area contributed by atoms with Crippen LogP contribution in [0.1, 0.15) is 30.1 Å². The molecule has 1 aromatic rings. The third kappa shape index (κ3) is 3.05. The molecule has 98 valence electrons. The largest absolute Gasteiger partial charge is 0.496 e. The minimum absolute atomic E-state index is 0.0637. The predicted molar refractivity (Wildman–Crippen MR) is 75.0 cm³/mol. The van der Waals surface area contributed by atoms with Gasteiger partial charge in [-0.05, 0) is 43.9 Å². The zero-order valence-corrected chi connectivity index (χ0v) is 12.4. The fourth-order valence-electron chi connectivity index (χ4n) is 1.98. The van der Waals surface area contributed by atoms with E-state index in [4.69, 9.17) is 4.74 Å². The van der Waals surface area contributed by atoms with Crippen molar-refractivity contribution < 1.29 is 9.53 Å². The van der Waals surface area contributed by atoms with Gasteiger partial charge in [-0.15, -0.1) is 0 Å². The number of ether oxygens (including phenoxy) is 1. The Labute approximate surface area is 116 Å². The molecule has 0 spiro atoms. The van der Waals surface area contributed by atoms with Crippen LogP contribution >= 0.6 is 15.9 Å². The molecule has 0 radical (unpaired) electrons. The van der Waals surface area contributed by atoms with Gasteiger partial charge in [-0.2, -0.15) is 0 Å². The zero-order chi connectivity index (χ0) is 13.1. The first-order chi connectivity index (χ1) is 8.65. The SMILES string of the molecule is CCN(CC1CC1)C(=O)c1ccc(Br)cc1OC. The van der Waals surface area contributed by atoms with Crippen LogP contribution in [0.3, 0.4) is 0 Å². The van der Waals surface area contributed by atoms with Crippen LogP contribution in [0.2, 0.25) is 0 Å². The Morgan fingerprint density at radius 1 is 1.50 bits per heavy atom. The lowest BCUT2D eigenvalue weighted by molar-refractivity contribution is 0.0753. The van der Waals surface area contributed by atoms with E-state index in [0.717, 1.165) is 17.6 Å². The number of carbonyl (C=O) groups excluding carboxylic acids is 1. The van der Waals surface area contributed by atoms with Crippen molar-refractivity contribution in [1.82, 2.24) is 4.90 Å². The minimum Gasteiger partial charge on any atom is -0.496 e. The average molecular weight is 312 g/mol. The Morgan fingerprint density at radius 2 is 2.22 bits per heavy atom. The van der Waals surface area contributed by atoms with Crippen LogP contribution in [-0.2, 0) is 0 Å².